The molecule has 2 heteroatoms. The van der Waals surface area contributed by atoms with E-state index in [4.69, 9.17) is 0 Å². The molecule has 128 valence electrons. The molecule has 0 amide bonds. The highest BCUT2D eigenvalue weighted by Gasteiger charge is 2.12. The minimum Gasteiger partial charge on any atom is -0.300 e. The van der Waals surface area contributed by atoms with Gasteiger partial charge in [-0.15, -0.1) is 0 Å². The van der Waals surface area contributed by atoms with E-state index in [1.165, 1.54) is 77.5 Å². The topological polar surface area (TPSA) is 6.48 Å². The zero-order chi connectivity index (χ0) is 15.6. The number of likely N-dealkylation sites (tertiary alicyclic amines) is 2. The molecule has 2 unspecified atom stereocenters. The van der Waals surface area contributed by atoms with Crippen molar-refractivity contribution < 1.29 is 0 Å². The molecule has 0 spiro atoms. The number of nitrogens with zero attached hydrogens (tertiary/aromatic N) is 2. The summed E-state index contributed by atoms with van der Waals surface area (Å²) >= 11 is 0. The maximum Gasteiger partial charge on any atom is 0.0163 e. The first-order valence-electron chi connectivity index (χ1n) is 9.83. The van der Waals surface area contributed by atoms with Crippen molar-refractivity contribution in [2.75, 3.05) is 39.3 Å². The molecule has 0 aromatic heterocycles. The molecule has 2 heterocycles. The Balaban J connectivity index is 1.65. The van der Waals surface area contributed by atoms with Crippen LogP contribution >= 0.6 is 0 Å². The van der Waals surface area contributed by atoms with E-state index in [1.807, 2.05) is 0 Å². The maximum atomic E-state index is 2.65. The molecule has 0 saturated carbocycles. The van der Waals surface area contributed by atoms with Crippen molar-refractivity contribution in [3.8, 4) is 0 Å². The largest absolute Gasteiger partial charge is 0.300 e. The van der Waals surface area contributed by atoms with Crippen LogP contribution in [0.3, 0.4) is 0 Å². The Morgan fingerprint density at radius 3 is 1.55 bits per heavy atom. The minimum absolute atomic E-state index is 0.926. The predicted octanol–water partition coefficient (Wildman–Crippen LogP) is 4.57. The Kier molecular flexibility index (Phi) is 8.54. The first-order valence-corrected chi connectivity index (χ1v) is 9.83. The van der Waals surface area contributed by atoms with Crippen LogP contribution in [0.2, 0.25) is 0 Å². The van der Waals surface area contributed by atoms with E-state index in [-0.39, 0.29) is 0 Å². The van der Waals surface area contributed by atoms with Crippen LogP contribution in [-0.4, -0.2) is 49.1 Å². The summed E-state index contributed by atoms with van der Waals surface area (Å²) in [5.41, 5.74) is 0. The van der Waals surface area contributed by atoms with Gasteiger partial charge in [-0.2, -0.15) is 0 Å². The summed E-state index contributed by atoms with van der Waals surface area (Å²) in [5, 5.41) is 0. The monoisotopic (exact) mass is 306 g/mol. The third kappa shape index (κ3) is 7.28. The second-order valence-corrected chi connectivity index (χ2v) is 7.85. The summed E-state index contributed by atoms with van der Waals surface area (Å²) < 4.78 is 0. The Morgan fingerprint density at radius 2 is 1.09 bits per heavy atom. The van der Waals surface area contributed by atoms with Crippen molar-refractivity contribution in [3.63, 3.8) is 0 Å². The Morgan fingerprint density at radius 1 is 0.636 bits per heavy atom. The first kappa shape index (κ1) is 18.0. The lowest BCUT2D eigenvalue weighted by molar-refractivity contribution is 0.239. The lowest BCUT2D eigenvalue weighted by Gasteiger charge is -2.27. The van der Waals surface area contributed by atoms with Gasteiger partial charge in [0.2, 0.25) is 0 Å². The predicted molar refractivity (Wildman–Crippen MR) is 97.3 cm³/mol. The average molecular weight is 307 g/mol. The third-order valence-corrected chi connectivity index (χ3v) is 5.61. The van der Waals surface area contributed by atoms with Gasteiger partial charge in [0.1, 0.15) is 0 Å². The minimum atomic E-state index is 0.926. The molecule has 2 fully saturated rings. The fourth-order valence-electron chi connectivity index (χ4n) is 3.79. The van der Waals surface area contributed by atoms with Crippen molar-refractivity contribution in [1.29, 1.82) is 0 Å². The molecule has 2 atom stereocenters. The number of rotatable bonds is 4. The Bertz CT molecular complexity index is 283. The maximum absolute atomic E-state index is 2.65. The summed E-state index contributed by atoms with van der Waals surface area (Å²) in [6.45, 7) is 12.4. The van der Waals surface area contributed by atoms with Crippen LogP contribution in [0.5, 0.6) is 0 Å². The van der Waals surface area contributed by atoms with Gasteiger partial charge in [-0.3, -0.25) is 9.80 Å². The number of hydrogen-bond acceptors (Lipinski definition) is 2. The zero-order valence-electron chi connectivity index (χ0n) is 15.1. The summed E-state index contributed by atoms with van der Waals surface area (Å²) in [6, 6.07) is 0. The molecule has 0 bridgehead atoms. The van der Waals surface area contributed by atoms with E-state index in [1.54, 1.807) is 0 Å². The molecule has 0 radical (unpaired) electrons. The second-order valence-electron chi connectivity index (χ2n) is 7.85. The van der Waals surface area contributed by atoms with Gasteiger partial charge in [-0.05, 0) is 63.7 Å². The molecular weight excluding hydrogens is 268 g/mol. The highest BCUT2D eigenvalue weighted by atomic mass is 15.1. The molecule has 0 N–H and O–H groups in total. The summed E-state index contributed by atoms with van der Waals surface area (Å²) in [5.74, 6) is 1.85. The van der Waals surface area contributed by atoms with E-state index in [0.29, 0.717) is 0 Å². The van der Waals surface area contributed by atoms with Crippen LogP contribution in [-0.2, 0) is 0 Å². The molecule has 2 nitrogen and oxygen atoms in total. The average Bonchev–Trinajstić information content (AvgIpc) is 2.48. The van der Waals surface area contributed by atoms with E-state index < -0.39 is 0 Å². The molecular formula is C20H38N2. The van der Waals surface area contributed by atoms with Crippen molar-refractivity contribution in [2.24, 2.45) is 11.8 Å². The lowest BCUT2D eigenvalue weighted by atomic mass is 9.98. The van der Waals surface area contributed by atoms with Crippen LogP contribution in [0.15, 0.2) is 12.2 Å². The van der Waals surface area contributed by atoms with Gasteiger partial charge in [0.05, 0.1) is 0 Å². The highest BCUT2D eigenvalue weighted by Crippen LogP contribution is 2.17. The molecule has 0 aromatic rings. The van der Waals surface area contributed by atoms with E-state index in [9.17, 15) is 0 Å². The Labute approximate surface area is 138 Å². The van der Waals surface area contributed by atoms with E-state index in [2.05, 4.69) is 35.8 Å². The fraction of sp³-hybridized carbons (Fsp3) is 0.900. The number of hydrogen-bond donors (Lipinski definition) is 0. The quantitative estimate of drug-likeness (QED) is 0.702. The van der Waals surface area contributed by atoms with Crippen LogP contribution in [0.25, 0.3) is 0 Å². The molecule has 2 aliphatic heterocycles. The SMILES string of the molecule is CC1CCCCN(C/C=C/CN2CCCCC(C)CC2)CC1. The lowest BCUT2D eigenvalue weighted by Crippen LogP contribution is -2.30. The summed E-state index contributed by atoms with van der Waals surface area (Å²) in [6.07, 6.45) is 16.1. The summed E-state index contributed by atoms with van der Waals surface area (Å²) in [7, 11) is 0. The van der Waals surface area contributed by atoms with Gasteiger partial charge in [0, 0.05) is 13.1 Å². The van der Waals surface area contributed by atoms with E-state index >= 15 is 0 Å². The first-order chi connectivity index (χ1) is 10.7. The molecule has 0 aliphatic carbocycles. The van der Waals surface area contributed by atoms with Crippen molar-refractivity contribution >= 4 is 0 Å². The van der Waals surface area contributed by atoms with Gasteiger partial charge < -0.3 is 0 Å². The zero-order valence-corrected chi connectivity index (χ0v) is 15.1. The van der Waals surface area contributed by atoms with Crippen LogP contribution in [0.4, 0.5) is 0 Å². The highest BCUT2D eigenvalue weighted by molar-refractivity contribution is 4.88. The third-order valence-electron chi connectivity index (χ3n) is 5.61. The standard InChI is InChI=1S/C20H38N2/c1-19-9-3-5-13-21(17-11-19)15-7-8-16-22-14-6-4-10-20(2)12-18-22/h7-8,19-20H,3-6,9-18H2,1-2H3/b8-7+. The molecule has 2 rings (SSSR count). The van der Waals surface area contributed by atoms with Gasteiger partial charge in [-0.25, -0.2) is 0 Å². The Hall–Kier alpha value is -0.340. The van der Waals surface area contributed by atoms with Crippen molar-refractivity contribution in [1.82, 2.24) is 9.80 Å². The van der Waals surface area contributed by atoms with Crippen molar-refractivity contribution in [3.05, 3.63) is 12.2 Å². The van der Waals surface area contributed by atoms with E-state index in [0.717, 1.165) is 24.9 Å². The van der Waals surface area contributed by atoms with Crippen molar-refractivity contribution in [2.45, 2.75) is 65.2 Å². The molecule has 22 heavy (non-hydrogen) atoms. The molecule has 2 aliphatic rings. The normalized spacial score (nSPS) is 30.6. The summed E-state index contributed by atoms with van der Waals surface area (Å²) in [4.78, 5) is 5.31. The van der Waals surface area contributed by atoms with Crippen LogP contribution in [0, 0.1) is 11.8 Å². The molecule has 0 aromatic carbocycles. The van der Waals surface area contributed by atoms with Gasteiger partial charge in [0.15, 0.2) is 0 Å². The molecule has 2 saturated heterocycles. The van der Waals surface area contributed by atoms with Gasteiger partial charge in [-0.1, -0.05) is 51.7 Å². The van der Waals surface area contributed by atoms with Crippen LogP contribution in [0.1, 0.15) is 65.2 Å². The smallest absolute Gasteiger partial charge is 0.0163 e. The fourth-order valence-corrected chi connectivity index (χ4v) is 3.79. The van der Waals surface area contributed by atoms with Gasteiger partial charge >= 0.3 is 0 Å². The van der Waals surface area contributed by atoms with Gasteiger partial charge in [0.25, 0.3) is 0 Å². The van der Waals surface area contributed by atoms with Crippen LogP contribution < -0.4 is 0 Å². The second kappa shape index (κ2) is 10.4.